The first-order valence-corrected chi connectivity index (χ1v) is 7.38. The van der Waals surface area contributed by atoms with Crippen molar-refractivity contribution in [2.45, 2.75) is 56.5 Å². The molecule has 1 unspecified atom stereocenters. The van der Waals surface area contributed by atoms with Crippen LogP contribution in [0.15, 0.2) is 0 Å². The molecule has 1 amide bonds. The first kappa shape index (κ1) is 18.3. The van der Waals surface area contributed by atoms with Gasteiger partial charge in [0.05, 0.1) is 0 Å². The number of hydrogen-bond donors (Lipinski definition) is 1. The maximum atomic E-state index is 11.6. The Hall–Kier alpha value is 0.300. The Labute approximate surface area is 124 Å². The summed E-state index contributed by atoms with van der Waals surface area (Å²) in [6.45, 7) is 6.46. The highest BCUT2D eigenvalue weighted by molar-refractivity contribution is 6.68. The molecule has 0 bridgehead atoms. The third-order valence-corrected chi connectivity index (χ3v) is 2.81. The van der Waals surface area contributed by atoms with Gasteiger partial charge in [0.1, 0.15) is 0 Å². The molecule has 0 spiro atoms. The van der Waals surface area contributed by atoms with E-state index in [0.29, 0.717) is 13.0 Å². The molecule has 0 saturated heterocycles. The summed E-state index contributed by atoms with van der Waals surface area (Å²) in [5.74, 6) is 0.0814. The summed E-state index contributed by atoms with van der Waals surface area (Å²) >= 11 is 17.4. The molecule has 3 nitrogen and oxygen atoms in total. The Morgan fingerprint density at radius 2 is 1.89 bits per heavy atom. The fourth-order valence-electron chi connectivity index (χ4n) is 1.35. The lowest BCUT2D eigenvalue weighted by Crippen LogP contribution is -2.46. The summed E-state index contributed by atoms with van der Waals surface area (Å²) < 4.78 is 3.78. The van der Waals surface area contributed by atoms with Crippen molar-refractivity contribution >= 4 is 40.7 Å². The molecule has 18 heavy (non-hydrogen) atoms. The second-order valence-corrected chi connectivity index (χ2v) is 7.03. The summed E-state index contributed by atoms with van der Waals surface area (Å²) in [7, 11) is 0. The molecular formula is C12H22Cl3NO2. The minimum absolute atomic E-state index is 0.170. The van der Waals surface area contributed by atoms with E-state index in [1.54, 1.807) is 0 Å². The first-order valence-electron chi connectivity index (χ1n) is 6.25. The molecule has 0 saturated carbocycles. The molecule has 0 aromatic rings. The zero-order valence-electron chi connectivity index (χ0n) is 11.1. The summed E-state index contributed by atoms with van der Waals surface area (Å²) in [5, 5.41) is 2.61. The minimum Gasteiger partial charge on any atom is -0.354 e. The van der Waals surface area contributed by atoms with E-state index in [1.807, 2.05) is 13.8 Å². The van der Waals surface area contributed by atoms with Gasteiger partial charge >= 0.3 is 0 Å². The van der Waals surface area contributed by atoms with E-state index < -0.39 is 10.0 Å². The van der Waals surface area contributed by atoms with E-state index in [-0.39, 0.29) is 11.8 Å². The molecule has 0 rings (SSSR count). The van der Waals surface area contributed by atoms with Crippen molar-refractivity contribution in [2.75, 3.05) is 6.61 Å². The van der Waals surface area contributed by atoms with Crippen LogP contribution in [0.1, 0.15) is 46.5 Å². The quantitative estimate of drug-likeness (QED) is 0.416. The van der Waals surface area contributed by atoms with E-state index >= 15 is 0 Å². The van der Waals surface area contributed by atoms with Gasteiger partial charge in [-0.25, -0.2) is 0 Å². The topological polar surface area (TPSA) is 38.3 Å². The molecule has 0 aromatic carbocycles. The fraction of sp³-hybridized carbons (Fsp3) is 0.917. The number of ether oxygens (including phenoxy) is 1. The van der Waals surface area contributed by atoms with Crippen LogP contribution >= 0.6 is 34.8 Å². The van der Waals surface area contributed by atoms with Crippen LogP contribution < -0.4 is 5.32 Å². The van der Waals surface area contributed by atoms with Gasteiger partial charge < -0.3 is 10.1 Å². The smallest absolute Gasteiger partial charge is 0.234 e. The molecule has 6 heteroatoms. The number of rotatable bonds is 8. The number of halogens is 3. The molecule has 0 aliphatic rings. The number of alkyl halides is 3. The Morgan fingerprint density at radius 3 is 2.33 bits per heavy atom. The van der Waals surface area contributed by atoms with Crippen molar-refractivity contribution < 1.29 is 9.53 Å². The largest absolute Gasteiger partial charge is 0.354 e. The molecule has 1 atom stereocenters. The minimum atomic E-state index is -1.65. The Morgan fingerprint density at radius 1 is 1.28 bits per heavy atom. The van der Waals surface area contributed by atoms with Gasteiger partial charge in [0, 0.05) is 13.0 Å². The number of carbonyl (C=O) groups excluding carboxylic acids is 1. The molecule has 0 fully saturated rings. The number of unbranched alkanes of at least 4 members (excludes halogenated alkanes) is 2. The van der Waals surface area contributed by atoms with Crippen LogP contribution in [-0.2, 0) is 9.53 Å². The molecule has 1 N–H and O–H groups in total. The van der Waals surface area contributed by atoms with Crippen molar-refractivity contribution in [3.05, 3.63) is 0 Å². The summed E-state index contributed by atoms with van der Waals surface area (Å²) in [6, 6.07) is 0. The van der Waals surface area contributed by atoms with Crippen LogP contribution in [0.5, 0.6) is 0 Å². The van der Waals surface area contributed by atoms with Gasteiger partial charge in [0.25, 0.3) is 0 Å². The van der Waals surface area contributed by atoms with E-state index in [9.17, 15) is 4.79 Å². The molecule has 0 radical (unpaired) electrons. The van der Waals surface area contributed by atoms with Crippen molar-refractivity contribution in [1.29, 1.82) is 0 Å². The molecule has 0 heterocycles. The second-order valence-electron chi connectivity index (χ2n) is 4.67. The Balaban J connectivity index is 4.20. The summed E-state index contributed by atoms with van der Waals surface area (Å²) in [4.78, 5) is 11.6. The third kappa shape index (κ3) is 9.26. The highest BCUT2D eigenvalue weighted by Gasteiger charge is 2.34. The van der Waals surface area contributed by atoms with E-state index in [4.69, 9.17) is 39.5 Å². The highest BCUT2D eigenvalue weighted by atomic mass is 35.6. The van der Waals surface area contributed by atoms with E-state index in [0.717, 1.165) is 19.3 Å². The number of nitrogens with one attached hydrogen (secondary N) is 1. The molecule has 0 aromatic heterocycles. The van der Waals surface area contributed by atoms with Gasteiger partial charge in [-0.15, -0.1) is 0 Å². The monoisotopic (exact) mass is 317 g/mol. The van der Waals surface area contributed by atoms with Gasteiger partial charge in [0.15, 0.2) is 6.23 Å². The van der Waals surface area contributed by atoms with E-state index in [2.05, 4.69) is 12.2 Å². The van der Waals surface area contributed by atoms with E-state index in [1.165, 1.54) is 0 Å². The number of amides is 1. The lowest BCUT2D eigenvalue weighted by atomic mass is 10.1. The second kappa shape index (κ2) is 9.24. The van der Waals surface area contributed by atoms with Crippen LogP contribution in [-0.4, -0.2) is 22.5 Å². The van der Waals surface area contributed by atoms with Crippen LogP contribution in [0, 0.1) is 5.92 Å². The molecule has 0 aliphatic heterocycles. The predicted molar refractivity (Wildman–Crippen MR) is 77.2 cm³/mol. The summed E-state index contributed by atoms with van der Waals surface area (Å²) in [6.07, 6.45) is 2.50. The van der Waals surface area contributed by atoms with Crippen molar-refractivity contribution in [3.63, 3.8) is 0 Å². The van der Waals surface area contributed by atoms with Gasteiger partial charge in [0.2, 0.25) is 9.70 Å². The van der Waals surface area contributed by atoms with Crippen LogP contribution in [0.3, 0.4) is 0 Å². The average Bonchev–Trinajstić information content (AvgIpc) is 2.20. The molecule has 0 aliphatic carbocycles. The molecule has 108 valence electrons. The lowest BCUT2D eigenvalue weighted by molar-refractivity contribution is -0.126. The predicted octanol–water partition coefficient (Wildman–Crippen LogP) is 4.05. The van der Waals surface area contributed by atoms with Crippen LogP contribution in [0.4, 0.5) is 0 Å². The standard InChI is InChI=1S/C12H22Cl3NO2/c1-4-5-6-7-18-11(12(13,14)15)16-10(17)8-9(2)3/h9,11H,4-8H2,1-3H3,(H,16,17). The Kier molecular flexibility index (Phi) is 9.40. The van der Waals surface area contributed by atoms with Crippen molar-refractivity contribution in [1.82, 2.24) is 5.32 Å². The van der Waals surface area contributed by atoms with Crippen LogP contribution in [0.25, 0.3) is 0 Å². The molecular weight excluding hydrogens is 296 g/mol. The third-order valence-electron chi connectivity index (χ3n) is 2.22. The Bertz CT molecular complexity index is 242. The first-order chi connectivity index (χ1) is 8.27. The zero-order chi connectivity index (χ0) is 14.2. The van der Waals surface area contributed by atoms with Gasteiger partial charge in [-0.05, 0) is 12.3 Å². The highest BCUT2D eigenvalue weighted by Crippen LogP contribution is 2.31. The maximum absolute atomic E-state index is 11.6. The number of carbonyl (C=O) groups is 1. The van der Waals surface area contributed by atoms with Crippen molar-refractivity contribution in [3.8, 4) is 0 Å². The lowest BCUT2D eigenvalue weighted by Gasteiger charge is -2.26. The van der Waals surface area contributed by atoms with Gasteiger partial charge in [-0.1, -0.05) is 68.4 Å². The number of hydrogen-bond acceptors (Lipinski definition) is 2. The average molecular weight is 319 g/mol. The normalized spacial score (nSPS) is 13.7. The fourth-order valence-corrected chi connectivity index (χ4v) is 1.70. The van der Waals surface area contributed by atoms with Gasteiger partial charge in [-0.3, -0.25) is 4.79 Å². The SMILES string of the molecule is CCCCCOC(NC(=O)CC(C)C)C(Cl)(Cl)Cl. The van der Waals surface area contributed by atoms with Gasteiger partial charge in [-0.2, -0.15) is 0 Å². The van der Waals surface area contributed by atoms with Crippen LogP contribution in [0.2, 0.25) is 0 Å². The maximum Gasteiger partial charge on any atom is 0.234 e. The summed E-state index contributed by atoms with van der Waals surface area (Å²) in [5.41, 5.74) is 0. The van der Waals surface area contributed by atoms with Crippen molar-refractivity contribution in [2.24, 2.45) is 5.92 Å². The zero-order valence-corrected chi connectivity index (χ0v) is 13.4.